The molecule has 1 fully saturated rings. The minimum atomic E-state index is -1.20. The van der Waals surface area contributed by atoms with Gasteiger partial charge in [0.2, 0.25) is 0 Å². The number of carbonyl (C=O) groups excluding carboxylic acids is 2. The van der Waals surface area contributed by atoms with Crippen LogP contribution in [0.3, 0.4) is 0 Å². The molecule has 0 N–H and O–H groups in total. The maximum atomic E-state index is 12.3. The standard InChI is InChI=1S/C14H17N3O9/c1-7-5-15(14(21)16(13(7)20)17(22)23)12-4-10(25-9(3)19)11(26-12)6-24-8(2)18/h5,10-12H,4,6H2,1-3H3/t10-,11+,12+/m0/s1. The number of hydrogen-bond acceptors (Lipinski definition) is 9. The topological polar surface area (TPSA) is 149 Å². The number of esters is 2. The third-order valence-corrected chi connectivity index (χ3v) is 3.69. The number of rotatable bonds is 5. The zero-order valence-corrected chi connectivity index (χ0v) is 14.2. The minimum Gasteiger partial charge on any atom is -0.463 e. The van der Waals surface area contributed by atoms with Crippen molar-refractivity contribution in [1.29, 1.82) is 0 Å². The van der Waals surface area contributed by atoms with E-state index >= 15 is 0 Å². The van der Waals surface area contributed by atoms with Crippen LogP contribution in [0.5, 0.6) is 0 Å². The fourth-order valence-electron chi connectivity index (χ4n) is 2.59. The molecular formula is C14H17N3O9. The predicted octanol–water partition coefficient (Wildman–Crippen LogP) is -0.859. The Kier molecular flexibility index (Phi) is 5.55. The number of nitro groups is 1. The second kappa shape index (κ2) is 7.47. The number of aryl methyl sites for hydroxylation is 1. The van der Waals surface area contributed by atoms with Crippen molar-refractivity contribution in [2.24, 2.45) is 0 Å². The Labute approximate surface area is 146 Å². The summed E-state index contributed by atoms with van der Waals surface area (Å²) in [6.07, 6.45) is -1.62. The van der Waals surface area contributed by atoms with Gasteiger partial charge in [-0.25, -0.2) is 14.9 Å². The molecule has 1 aromatic heterocycles. The van der Waals surface area contributed by atoms with Crippen molar-refractivity contribution in [1.82, 2.24) is 9.24 Å². The van der Waals surface area contributed by atoms with Crippen LogP contribution >= 0.6 is 0 Å². The van der Waals surface area contributed by atoms with Crippen molar-refractivity contribution in [3.8, 4) is 0 Å². The second-order valence-electron chi connectivity index (χ2n) is 5.67. The van der Waals surface area contributed by atoms with Crippen LogP contribution < -0.4 is 11.2 Å². The van der Waals surface area contributed by atoms with Gasteiger partial charge in [-0.05, 0) is 6.92 Å². The number of carbonyl (C=O) groups is 2. The Balaban J connectivity index is 2.38. The molecule has 142 valence electrons. The summed E-state index contributed by atoms with van der Waals surface area (Å²) in [6.45, 7) is 3.45. The van der Waals surface area contributed by atoms with Gasteiger partial charge >= 0.3 is 23.2 Å². The molecule has 1 saturated heterocycles. The van der Waals surface area contributed by atoms with Gasteiger partial charge in [-0.1, -0.05) is 0 Å². The summed E-state index contributed by atoms with van der Waals surface area (Å²) in [4.78, 5) is 57.3. The molecule has 1 aliphatic rings. The van der Waals surface area contributed by atoms with E-state index in [1.807, 2.05) is 0 Å². The molecule has 0 unspecified atom stereocenters. The van der Waals surface area contributed by atoms with E-state index in [1.54, 1.807) is 0 Å². The Morgan fingerprint density at radius 3 is 2.54 bits per heavy atom. The molecule has 0 bridgehead atoms. The molecule has 0 aromatic carbocycles. The summed E-state index contributed by atoms with van der Waals surface area (Å²) in [7, 11) is 0. The second-order valence-corrected chi connectivity index (χ2v) is 5.67. The van der Waals surface area contributed by atoms with Crippen molar-refractivity contribution < 1.29 is 28.8 Å². The molecule has 0 amide bonds. The van der Waals surface area contributed by atoms with Crippen LogP contribution in [0.4, 0.5) is 0 Å². The van der Waals surface area contributed by atoms with Gasteiger partial charge in [-0.3, -0.25) is 19.0 Å². The van der Waals surface area contributed by atoms with Crippen LogP contribution in [0, 0.1) is 17.0 Å². The van der Waals surface area contributed by atoms with Crippen molar-refractivity contribution in [3.63, 3.8) is 0 Å². The predicted molar refractivity (Wildman–Crippen MR) is 82.8 cm³/mol. The average Bonchev–Trinajstić information content (AvgIpc) is 2.90. The number of nitrogens with zero attached hydrogens (tertiary/aromatic N) is 3. The van der Waals surface area contributed by atoms with E-state index in [0.717, 1.165) is 10.8 Å². The normalized spacial score (nSPS) is 22.0. The van der Waals surface area contributed by atoms with Gasteiger partial charge in [0.15, 0.2) is 5.03 Å². The Morgan fingerprint density at radius 1 is 1.35 bits per heavy atom. The quantitative estimate of drug-likeness (QED) is 0.366. The summed E-state index contributed by atoms with van der Waals surface area (Å²) in [6, 6.07) is 0. The largest absolute Gasteiger partial charge is 0.463 e. The highest BCUT2D eigenvalue weighted by Crippen LogP contribution is 2.30. The molecule has 0 aliphatic carbocycles. The first-order valence-corrected chi connectivity index (χ1v) is 7.57. The molecule has 2 heterocycles. The lowest BCUT2D eigenvalue weighted by atomic mass is 10.2. The van der Waals surface area contributed by atoms with Crippen molar-refractivity contribution >= 4 is 11.9 Å². The Morgan fingerprint density at radius 2 is 2.00 bits per heavy atom. The van der Waals surface area contributed by atoms with Crippen molar-refractivity contribution in [2.45, 2.75) is 45.6 Å². The van der Waals surface area contributed by atoms with Gasteiger partial charge < -0.3 is 14.2 Å². The summed E-state index contributed by atoms with van der Waals surface area (Å²) < 4.78 is 16.3. The van der Waals surface area contributed by atoms with Crippen LogP contribution in [0.2, 0.25) is 0 Å². The first-order chi connectivity index (χ1) is 12.1. The van der Waals surface area contributed by atoms with Gasteiger partial charge in [0.25, 0.3) is 0 Å². The summed E-state index contributed by atoms with van der Waals surface area (Å²) in [5.41, 5.74) is -2.30. The lowest BCUT2D eigenvalue weighted by molar-refractivity contribution is -0.549. The highest BCUT2D eigenvalue weighted by Gasteiger charge is 2.40. The highest BCUT2D eigenvalue weighted by atomic mass is 16.7. The fraction of sp³-hybridized carbons (Fsp3) is 0.571. The Bertz CT molecular complexity index is 856. The molecule has 26 heavy (non-hydrogen) atoms. The fourth-order valence-corrected chi connectivity index (χ4v) is 2.59. The van der Waals surface area contributed by atoms with Crippen LogP contribution in [0.15, 0.2) is 15.8 Å². The molecule has 12 nitrogen and oxygen atoms in total. The van der Waals surface area contributed by atoms with E-state index in [-0.39, 0.29) is 23.3 Å². The third kappa shape index (κ3) is 3.96. The lowest BCUT2D eigenvalue weighted by Gasteiger charge is -2.17. The van der Waals surface area contributed by atoms with E-state index in [2.05, 4.69) is 0 Å². The molecule has 12 heteroatoms. The SMILES string of the molecule is CC(=O)OC[C@H]1O[C@@H](n2cc(C)c(=O)n([N+](=O)[O-])c2=O)C[C@@H]1OC(C)=O. The smallest absolute Gasteiger partial charge is 0.394 e. The van der Waals surface area contributed by atoms with Gasteiger partial charge in [-0.2, -0.15) is 0 Å². The summed E-state index contributed by atoms with van der Waals surface area (Å²) in [5, 5.41) is 9.88. The zero-order valence-electron chi connectivity index (χ0n) is 14.2. The molecule has 2 rings (SSSR count). The Hall–Kier alpha value is -3.02. The zero-order chi connectivity index (χ0) is 19.6. The van der Waals surface area contributed by atoms with Crippen LogP contribution in [-0.4, -0.2) is 45.0 Å². The first-order valence-electron chi connectivity index (χ1n) is 7.57. The molecular weight excluding hydrogens is 354 g/mol. The van der Waals surface area contributed by atoms with Gasteiger partial charge in [0, 0.05) is 36.7 Å². The number of aromatic nitrogens is 2. The third-order valence-electron chi connectivity index (χ3n) is 3.69. The average molecular weight is 371 g/mol. The number of hydrogen-bond donors (Lipinski definition) is 0. The lowest BCUT2D eigenvalue weighted by Crippen LogP contribution is -2.45. The molecule has 0 spiro atoms. The summed E-state index contributed by atoms with van der Waals surface area (Å²) in [5.74, 6) is -1.18. The maximum absolute atomic E-state index is 12.3. The van der Waals surface area contributed by atoms with Crippen molar-refractivity contribution in [2.75, 3.05) is 6.61 Å². The van der Waals surface area contributed by atoms with E-state index in [0.29, 0.717) is 0 Å². The van der Waals surface area contributed by atoms with Gasteiger partial charge in [0.1, 0.15) is 25.0 Å². The first kappa shape index (κ1) is 19.3. The highest BCUT2D eigenvalue weighted by molar-refractivity contribution is 5.66. The van der Waals surface area contributed by atoms with Crippen LogP contribution in [0.1, 0.15) is 32.1 Å². The van der Waals surface area contributed by atoms with Crippen LogP contribution in [0.25, 0.3) is 0 Å². The van der Waals surface area contributed by atoms with E-state index in [1.165, 1.54) is 20.8 Å². The monoisotopic (exact) mass is 371 g/mol. The maximum Gasteiger partial charge on any atom is 0.394 e. The minimum absolute atomic E-state index is 0.0131. The van der Waals surface area contributed by atoms with E-state index < -0.39 is 46.7 Å². The van der Waals surface area contributed by atoms with E-state index in [9.17, 15) is 29.3 Å². The molecule has 0 saturated carbocycles. The van der Waals surface area contributed by atoms with Crippen molar-refractivity contribution in [3.05, 3.63) is 42.7 Å². The molecule has 3 atom stereocenters. The molecule has 1 aromatic rings. The summed E-state index contributed by atoms with van der Waals surface area (Å²) >= 11 is 0. The van der Waals surface area contributed by atoms with E-state index in [4.69, 9.17) is 14.2 Å². The van der Waals surface area contributed by atoms with Gasteiger partial charge in [-0.15, -0.1) is 0 Å². The molecule has 0 radical (unpaired) electrons. The number of ether oxygens (including phenoxy) is 3. The molecule has 1 aliphatic heterocycles. The van der Waals surface area contributed by atoms with Crippen LogP contribution in [-0.2, 0) is 23.8 Å². The van der Waals surface area contributed by atoms with Gasteiger partial charge in [0.05, 0.1) is 0 Å².